The van der Waals surface area contributed by atoms with Gasteiger partial charge in [0.25, 0.3) is 0 Å². The molecule has 0 saturated heterocycles. The van der Waals surface area contributed by atoms with E-state index in [0.717, 1.165) is 26.4 Å². The van der Waals surface area contributed by atoms with E-state index in [-0.39, 0.29) is 0 Å². The van der Waals surface area contributed by atoms with E-state index in [0.29, 0.717) is 0 Å². The molecule has 0 spiro atoms. The van der Waals surface area contributed by atoms with Crippen molar-refractivity contribution in [3.05, 3.63) is 82.3 Å². The van der Waals surface area contributed by atoms with Gasteiger partial charge in [0.2, 0.25) is 0 Å². The Kier molecular flexibility index (Phi) is 3.36. The molecule has 0 aliphatic rings. The Hall–Kier alpha value is -1.64. The summed E-state index contributed by atoms with van der Waals surface area (Å²) in [5, 5.41) is 12.8. The molecule has 0 amide bonds. The van der Waals surface area contributed by atoms with E-state index in [1.54, 1.807) is 0 Å². The fourth-order valence-corrected chi connectivity index (χ4v) is 2.98. The zero-order valence-electron chi connectivity index (χ0n) is 10.3. The fraction of sp³-hybridized carbons (Fsp3) is 0.0588. The molecule has 94 valence electrons. The number of hydrogen-bond donors (Lipinski definition) is 1. The van der Waals surface area contributed by atoms with E-state index in [9.17, 15) is 5.11 Å². The molecule has 19 heavy (non-hydrogen) atoms. The Morgan fingerprint density at radius 1 is 0.789 bits per heavy atom. The summed E-state index contributed by atoms with van der Waals surface area (Å²) in [7, 11) is 0. The summed E-state index contributed by atoms with van der Waals surface area (Å²) in [5.41, 5.74) is 1.84. The number of fused-ring (bicyclic) bond motifs is 1. The molecular formula is C17H13BrO. The highest BCUT2D eigenvalue weighted by molar-refractivity contribution is 9.10. The zero-order valence-corrected chi connectivity index (χ0v) is 11.8. The smallest absolute Gasteiger partial charge is 0.105 e. The van der Waals surface area contributed by atoms with Gasteiger partial charge in [0, 0.05) is 9.86 Å². The molecule has 0 heterocycles. The fourth-order valence-electron chi connectivity index (χ4n) is 2.37. The second-order valence-electron chi connectivity index (χ2n) is 4.50. The molecule has 0 bridgehead atoms. The van der Waals surface area contributed by atoms with Crippen LogP contribution in [0.4, 0.5) is 0 Å². The first kappa shape index (κ1) is 12.4. The normalized spacial score (nSPS) is 12.5. The third kappa shape index (κ3) is 2.29. The average molecular weight is 313 g/mol. The van der Waals surface area contributed by atoms with Gasteiger partial charge in [-0.15, -0.1) is 0 Å². The predicted molar refractivity (Wildman–Crippen MR) is 82.2 cm³/mol. The van der Waals surface area contributed by atoms with Crippen LogP contribution in [0.3, 0.4) is 0 Å². The first-order valence-corrected chi connectivity index (χ1v) is 6.97. The minimum absolute atomic E-state index is 0.608. The van der Waals surface area contributed by atoms with E-state index in [4.69, 9.17) is 0 Å². The van der Waals surface area contributed by atoms with Crippen LogP contribution in [0.15, 0.2) is 71.2 Å². The van der Waals surface area contributed by atoms with E-state index in [2.05, 4.69) is 28.1 Å². The highest BCUT2D eigenvalue weighted by atomic mass is 79.9. The van der Waals surface area contributed by atoms with Crippen LogP contribution in [0.1, 0.15) is 17.2 Å². The molecule has 0 fully saturated rings. The SMILES string of the molecule is OC(c1ccccc1)c1cccc2cccc(Br)c12. The van der Waals surface area contributed by atoms with Crippen LogP contribution in [-0.4, -0.2) is 5.11 Å². The van der Waals surface area contributed by atoms with Gasteiger partial charge in [-0.25, -0.2) is 0 Å². The summed E-state index contributed by atoms with van der Waals surface area (Å²) < 4.78 is 1.01. The lowest BCUT2D eigenvalue weighted by atomic mass is 9.96. The summed E-state index contributed by atoms with van der Waals surface area (Å²) in [6.07, 6.45) is -0.608. The summed E-state index contributed by atoms with van der Waals surface area (Å²) in [6, 6.07) is 21.8. The lowest BCUT2D eigenvalue weighted by molar-refractivity contribution is 0.222. The van der Waals surface area contributed by atoms with E-state index in [1.165, 1.54) is 0 Å². The van der Waals surface area contributed by atoms with Gasteiger partial charge < -0.3 is 5.11 Å². The van der Waals surface area contributed by atoms with E-state index < -0.39 is 6.10 Å². The van der Waals surface area contributed by atoms with Crippen molar-refractivity contribution in [1.29, 1.82) is 0 Å². The van der Waals surface area contributed by atoms with Crippen molar-refractivity contribution in [2.45, 2.75) is 6.10 Å². The van der Waals surface area contributed by atoms with Crippen LogP contribution in [0, 0.1) is 0 Å². The average Bonchev–Trinajstić information content (AvgIpc) is 2.47. The number of rotatable bonds is 2. The van der Waals surface area contributed by atoms with Crippen molar-refractivity contribution in [2.75, 3.05) is 0 Å². The quantitative estimate of drug-likeness (QED) is 0.728. The number of aliphatic hydroxyl groups is 1. The Morgan fingerprint density at radius 2 is 1.47 bits per heavy atom. The molecule has 3 rings (SSSR count). The van der Waals surface area contributed by atoms with Gasteiger partial charge in [-0.2, -0.15) is 0 Å². The van der Waals surface area contributed by atoms with Crippen LogP contribution in [0.5, 0.6) is 0 Å². The molecule has 0 radical (unpaired) electrons. The standard InChI is InChI=1S/C17H13BrO/c18-15-11-5-9-12-8-4-10-14(16(12)15)17(19)13-6-2-1-3-7-13/h1-11,17,19H. The Balaban J connectivity index is 2.21. The van der Waals surface area contributed by atoms with Gasteiger partial charge in [0.15, 0.2) is 0 Å². The number of hydrogen-bond acceptors (Lipinski definition) is 1. The summed E-state index contributed by atoms with van der Waals surface area (Å²) in [4.78, 5) is 0. The number of halogens is 1. The Morgan fingerprint density at radius 3 is 2.21 bits per heavy atom. The molecule has 0 aliphatic heterocycles. The van der Waals surface area contributed by atoms with Crippen LogP contribution in [0.25, 0.3) is 10.8 Å². The highest BCUT2D eigenvalue weighted by Gasteiger charge is 2.14. The zero-order chi connectivity index (χ0) is 13.2. The van der Waals surface area contributed by atoms with Crippen molar-refractivity contribution >= 4 is 26.7 Å². The van der Waals surface area contributed by atoms with E-state index >= 15 is 0 Å². The van der Waals surface area contributed by atoms with Gasteiger partial charge in [0.05, 0.1) is 0 Å². The predicted octanol–water partition coefficient (Wildman–Crippen LogP) is 4.68. The maximum absolute atomic E-state index is 10.6. The van der Waals surface area contributed by atoms with Crippen molar-refractivity contribution < 1.29 is 5.11 Å². The molecule has 3 aromatic rings. The second-order valence-corrected chi connectivity index (χ2v) is 5.35. The maximum atomic E-state index is 10.6. The lowest BCUT2D eigenvalue weighted by Crippen LogP contribution is -2.00. The van der Waals surface area contributed by atoms with Gasteiger partial charge >= 0.3 is 0 Å². The first-order valence-electron chi connectivity index (χ1n) is 6.17. The van der Waals surface area contributed by atoms with Crippen LogP contribution in [0.2, 0.25) is 0 Å². The van der Waals surface area contributed by atoms with Crippen molar-refractivity contribution in [3.8, 4) is 0 Å². The molecule has 0 saturated carbocycles. The summed E-state index contributed by atoms with van der Waals surface area (Å²) >= 11 is 3.58. The first-order chi connectivity index (χ1) is 9.27. The molecule has 1 nitrogen and oxygen atoms in total. The van der Waals surface area contributed by atoms with Gasteiger partial charge in [-0.05, 0) is 22.6 Å². The Bertz CT molecular complexity index is 702. The molecule has 1 atom stereocenters. The monoisotopic (exact) mass is 312 g/mol. The largest absolute Gasteiger partial charge is 0.384 e. The van der Waals surface area contributed by atoms with Crippen molar-refractivity contribution in [1.82, 2.24) is 0 Å². The number of aliphatic hydroxyl groups excluding tert-OH is 1. The van der Waals surface area contributed by atoms with Crippen LogP contribution < -0.4 is 0 Å². The van der Waals surface area contributed by atoms with Crippen molar-refractivity contribution in [2.24, 2.45) is 0 Å². The molecule has 0 aliphatic carbocycles. The minimum Gasteiger partial charge on any atom is -0.384 e. The van der Waals surface area contributed by atoms with Gasteiger partial charge in [0.1, 0.15) is 6.10 Å². The molecule has 1 unspecified atom stereocenters. The van der Waals surface area contributed by atoms with Crippen molar-refractivity contribution in [3.63, 3.8) is 0 Å². The molecule has 0 aromatic heterocycles. The lowest BCUT2D eigenvalue weighted by Gasteiger charge is -2.15. The van der Waals surface area contributed by atoms with Crippen LogP contribution in [-0.2, 0) is 0 Å². The highest BCUT2D eigenvalue weighted by Crippen LogP contribution is 2.33. The Labute approximate surface area is 120 Å². The van der Waals surface area contributed by atoms with Gasteiger partial charge in [-0.1, -0.05) is 76.6 Å². The van der Waals surface area contributed by atoms with E-state index in [1.807, 2.05) is 54.6 Å². The third-order valence-corrected chi connectivity index (χ3v) is 3.96. The second kappa shape index (κ2) is 5.16. The third-order valence-electron chi connectivity index (χ3n) is 3.30. The number of benzene rings is 3. The molecule has 1 N–H and O–H groups in total. The molecule has 3 aromatic carbocycles. The minimum atomic E-state index is -0.608. The van der Waals surface area contributed by atoms with Crippen LogP contribution >= 0.6 is 15.9 Å². The molecule has 2 heteroatoms. The van der Waals surface area contributed by atoms with Gasteiger partial charge in [-0.3, -0.25) is 0 Å². The maximum Gasteiger partial charge on any atom is 0.105 e. The topological polar surface area (TPSA) is 20.2 Å². The summed E-state index contributed by atoms with van der Waals surface area (Å²) in [6.45, 7) is 0. The summed E-state index contributed by atoms with van der Waals surface area (Å²) in [5.74, 6) is 0. The molecular weight excluding hydrogens is 300 g/mol.